The molecule has 3 N–H and O–H groups in total. The molecule has 0 radical (unpaired) electrons. The van der Waals surface area contributed by atoms with Crippen molar-refractivity contribution in [1.29, 1.82) is 0 Å². The maximum atomic E-state index is 12.3. The lowest BCUT2D eigenvalue weighted by Crippen LogP contribution is -2.42. The van der Waals surface area contributed by atoms with Gasteiger partial charge in [0.2, 0.25) is 11.8 Å². The molecule has 182 valence electrons. The molecule has 0 fully saturated rings. The number of hydrogen-bond donors (Lipinski definition) is 3. The van der Waals surface area contributed by atoms with Crippen molar-refractivity contribution in [3.05, 3.63) is 102 Å². The van der Waals surface area contributed by atoms with Gasteiger partial charge in [-0.2, -0.15) is 0 Å². The summed E-state index contributed by atoms with van der Waals surface area (Å²) in [5.41, 5.74) is 2.76. The van der Waals surface area contributed by atoms with Crippen LogP contribution in [0.4, 0.5) is 0 Å². The molecule has 3 aromatic carbocycles. The number of aliphatic carboxylic acids is 1. The van der Waals surface area contributed by atoms with Gasteiger partial charge < -0.3 is 20.5 Å². The Bertz CT molecular complexity index is 1100. The van der Waals surface area contributed by atoms with Crippen molar-refractivity contribution in [3.63, 3.8) is 0 Å². The zero-order valence-corrected chi connectivity index (χ0v) is 19.6. The Labute approximate surface area is 205 Å². The fourth-order valence-corrected chi connectivity index (χ4v) is 3.53. The van der Waals surface area contributed by atoms with E-state index in [2.05, 4.69) is 10.6 Å². The van der Waals surface area contributed by atoms with Gasteiger partial charge in [0.05, 0.1) is 6.04 Å². The zero-order valence-electron chi connectivity index (χ0n) is 19.6. The topological polar surface area (TPSA) is 105 Å². The van der Waals surface area contributed by atoms with Gasteiger partial charge in [0, 0.05) is 19.3 Å². The first-order valence-electron chi connectivity index (χ1n) is 11.5. The molecule has 0 saturated carbocycles. The summed E-state index contributed by atoms with van der Waals surface area (Å²) >= 11 is 0. The monoisotopic (exact) mass is 474 g/mol. The molecule has 0 aromatic heterocycles. The van der Waals surface area contributed by atoms with E-state index in [-0.39, 0.29) is 31.2 Å². The van der Waals surface area contributed by atoms with E-state index >= 15 is 0 Å². The SMILES string of the molecule is C[C@@H](NC(=O)CCC(=O)N[C@H](Cc1ccc(OCc2ccccc2)cc1)C(=O)O)c1ccccc1. The summed E-state index contributed by atoms with van der Waals surface area (Å²) in [5.74, 6) is -1.22. The summed E-state index contributed by atoms with van der Waals surface area (Å²) in [5, 5.41) is 14.9. The number of hydrogen-bond acceptors (Lipinski definition) is 4. The van der Waals surface area contributed by atoms with Crippen molar-refractivity contribution in [2.45, 2.75) is 44.9 Å². The number of carboxylic acids is 1. The number of nitrogens with one attached hydrogen (secondary N) is 2. The van der Waals surface area contributed by atoms with Gasteiger partial charge >= 0.3 is 5.97 Å². The van der Waals surface area contributed by atoms with Crippen molar-refractivity contribution < 1.29 is 24.2 Å². The van der Waals surface area contributed by atoms with Gasteiger partial charge in [-0.15, -0.1) is 0 Å². The van der Waals surface area contributed by atoms with Crippen molar-refractivity contribution >= 4 is 17.8 Å². The minimum atomic E-state index is -1.13. The fourth-order valence-electron chi connectivity index (χ4n) is 3.53. The van der Waals surface area contributed by atoms with E-state index in [0.29, 0.717) is 12.4 Å². The maximum absolute atomic E-state index is 12.3. The molecule has 0 aliphatic rings. The van der Waals surface area contributed by atoms with Gasteiger partial charge in [0.25, 0.3) is 0 Å². The highest BCUT2D eigenvalue weighted by Crippen LogP contribution is 2.16. The van der Waals surface area contributed by atoms with Crippen LogP contribution in [0.1, 0.15) is 42.5 Å². The predicted octanol–water partition coefficient (Wildman–Crippen LogP) is 4.04. The molecular formula is C28H30N2O5. The maximum Gasteiger partial charge on any atom is 0.326 e. The lowest BCUT2D eigenvalue weighted by atomic mass is 10.1. The Morgan fingerprint density at radius 2 is 1.34 bits per heavy atom. The highest BCUT2D eigenvalue weighted by molar-refractivity contribution is 5.87. The summed E-state index contributed by atoms with van der Waals surface area (Å²) in [6, 6.07) is 25.1. The molecule has 3 rings (SSSR count). The van der Waals surface area contributed by atoms with Crippen LogP contribution in [0.15, 0.2) is 84.9 Å². The molecule has 0 bridgehead atoms. The smallest absolute Gasteiger partial charge is 0.326 e. The van der Waals surface area contributed by atoms with Crippen LogP contribution in [0.3, 0.4) is 0 Å². The largest absolute Gasteiger partial charge is 0.489 e. The molecule has 7 nitrogen and oxygen atoms in total. The predicted molar refractivity (Wildman–Crippen MR) is 133 cm³/mol. The summed E-state index contributed by atoms with van der Waals surface area (Å²) in [4.78, 5) is 36.2. The van der Waals surface area contributed by atoms with Gasteiger partial charge in [-0.25, -0.2) is 4.79 Å². The van der Waals surface area contributed by atoms with Crippen molar-refractivity contribution in [2.24, 2.45) is 0 Å². The van der Waals surface area contributed by atoms with E-state index < -0.39 is 17.9 Å². The number of carbonyl (C=O) groups excluding carboxylic acids is 2. The molecule has 0 unspecified atom stereocenters. The Morgan fingerprint density at radius 3 is 1.94 bits per heavy atom. The molecule has 0 aliphatic carbocycles. The molecule has 0 spiro atoms. The van der Waals surface area contributed by atoms with Gasteiger partial charge in [-0.3, -0.25) is 9.59 Å². The summed E-state index contributed by atoms with van der Waals surface area (Å²) < 4.78 is 5.75. The van der Waals surface area contributed by atoms with Gasteiger partial charge in [-0.1, -0.05) is 72.8 Å². The molecule has 2 atom stereocenters. The van der Waals surface area contributed by atoms with E-state index in [0.717, 1.165) is 16.7 Å². The molecule has 0 heterocycles. The van der Waals surface area contributed by atoms with Gasteiger partial charge in [-0.05, 0) is 35.7 Å². The fraction of sp³-hybridized carbons (Fsp3) is 0.250. The first-order valence-corrected chi connectivity index (χ1v) is 11.5. The lowest BCUT2D eigenvalue weighted by Gasteiger charge is -2.16. The van der Waals surface area contributed by atoms with Crippen LogP contribution in [-0.4, -0.2) is 28.9 Å². The van der Waals surface area contributed by atoms with E-state index in [1.165, 1.54) is 0 Å². The molecule has 0 aliphatic heterocycles. The molecule has 2 amide bonds. The molecule has 7 heteroatoms. The van der Waals surface area contributed by atoms with E-state index in [1.807, 2.05) is 67.6 Å². The van der Waals surface area contributed by atoms with Crippen LogP contribution >= 0.6 is 0 Å². The Balaban J connectivity index is 1.44. The lowest BCUT2D eigenvalue weighted by molar-refractivity contribution is -0.141. The number of amides is 2. The second-order valence-corrected chi connectivity index (χ2v) is 8.28. The highest BCUT2D eigenvalue weighted by Gasteiger charge is 2.21. The zero-order chi connectivity index (χ0) is 25.0. The number of benzene rings is 3. The van der Waals surface area contributed by atoms with Gasteiger partial charge in [0.1, 0.15) is 18.4 Å². The number of rotatable bonds is 12. The molecule has 0 saturated heterocycles. The van der Waals surface area contributed by atoms with Crippen LogP contribution in [0.5, 0.6) is 5.75 Å². The quantitative estimate of drug-likeness (QED) is 0.368. The Morgan fingerprint density at radius 1 is 0.771 bits per heavy atom. The summed E-state index contributed by atoms with van der Waals surface area (Å²) in [7, 11) is 0. The molecule has 3 aromatic rings. The van der Waals surface area contributed by atoms with Gasteiger partial charge in [0.15, 0.2) is 0 Å². The third-order valence-electron chi connectivity index (χ3n) is 5.50. The average Bonchev–Trinajstić information content (AvgIpc) is 2.87. The first-order chi connectivity index (χ1) is 16.9. The molecular weight excluding hydrogens is 444 g/mol. The van der Waals surface area contributed by atoms with Crippen LogP contribution in [0.2, 0.25) is 0 Å². The standard InChI is InChI=1S/C28H30N2O5/c1-20(23-10-6-3-7-11-23)29-26(31)16-17-27(32)30-25(28(33)34)18-21-12-14-24(15-13-21)35-19-22-8-4-2-5-9-22/h2-15,20,25H,16-19H2,1H3,(H,29,31)(H,30,32)(H,33,34)/t20-,25-/m1/s1. The third-order valence-corrected chi connectivity index (χ3v) is 5.50. The second kappa shape index (κ2) is 12.9. The summed E-state index contributed by atoms with van der Waals surface area (Å²) in [6.07, 6.45) is 0.00343. The van der Waals surface area contributed by atoms with Crippen molar-refractivity contribution in [2.75, 3.05) is 0 Å². The Hall–Kier alpha value is -4.13. The minimum Gasteiger partial charge on any atom is -0.489 e. The van der Waals surface area contributed by atoms with E-state index in [9.17, 15) is 19.5 Å². The second-order valence-electron chi connectivity index (χ2n) is 8.28. The van der Waals surface area contributed by atoms with Crippen molar-refractivity contribution in [1.82, 2.24) is 10.6 Å². The molecule has 35 heavy (non-hydrogen) atoms. The van der Waals surface area contributed by atoms with Crippen LogP contribution in [0.25, 0.3) is 0 Å². The minimum absolute atomic E-state index is 0.0250. The third kappa shape index (κ3) is 8.62. The number of carboxylic acid groups (broad SMARTS) is 1. The Kier molecular flexibility index (Phi) is 9.42. The summed E-state index contributed by atoms with van der Waals surface area (Å²) in [6.45, 7) is 2.30. The van der Waals surface area contributed by atoms with Crippen LogP contribution in [-0.2, 0) is 27.4 Å². The normalized spacial score (nSPS) is 12.3. The van der Waals surface area contributed by atoms with E-state index in [1.54, 1.807) is 24.3 Å². The first kappa shape index (κ1) is 25.5. The number of carbonyl (C=O) groups is 3. The average molecular weight is 475 g/mol. The van der Waals surface area contributed by atoms with Crippen molar-refractivity contribution in [3.8, 4) is 5.75 Å². The van der Waals surface area contributed by atoms with Crippen LogP contribution < -0.4 is 15.4 Å². The highest BCUT2D eigenvalue weighted by atomic mass is 16.5. The number of ether oxygens (including phenoxy) is 1. The van der Waals surface area contributed by atoms with E-state index in [4.69, 9.17) is 4.74 Å². The van der Waals surface area contributed by atoms with Crippen LogP contribution in [0, 0.1) is 0 Å².